The van der Waals surface area contributed by atoms with Gasteiger partial charge in [0.1, 0.15) is 5.75 Å². The molecular weight excluding hydrogens is 244 g/mol. The van der Waals surface area contributed by atoms with E-state index >= 15 is 0 Å². The summed E-state index contributed by atoms with van der Waals surface area (Å²) in [5.74, 6) is 1.15. The summed E-state index contributed by atoms with van der Waals surface area (Å²) in [4.78, 5) is 0. The number of hydrogen-bond donors (Lipinski definition) is 1. The van der Waals surface area contributed by atoms with Crippen molar-refractivity contribution in [1.82, 2.24) is 0 Å². The normalized spacial score (nSPS) is 12.3. The van der Waals surface area contributed by atoms with Crippen LogP contribution in [0.1, 0.15) is 11.1 Å². The molecule has 18 heavy (non-hydrogen) atoms. The minimum absolute atomic E-state index is 0.202. The van der Waals surface area contributed by atoms with Crippen LogP contribution in [-0.2, 0) is 12.8 Å². The van der Waals surface area contributed by atoms with Crippen molar-refractivity contribution < 1.29 is 9.84 Å². The summed E-state index contributed by atoms with van der Waals surface area (Å²) in [5.41, 5.74) is 2.46. The molecule has 2 aromatic rings. The fourth-order valence-corrected chi connectivity index (χ4v) is 2.81. The van der Waals surface area contributed by atoms with Gasteiger partial charge in [-0.1, -0.05) is 18.2 Å². The fourth-order valence-electron chi connectivity index (χ4n) is 2.13. The maximum absolute atomic E-state index is 9.51. The molecule has 1 aromatic carbocycles. The quantitative estimate of drug-likeness (QED) is 0.866. The van der Waals surface area contributed by atoms with E-state index in [-0.39, 0.29) is 12.5 Å². The Kier molecular flexibility index (Phi) is 4.79. The Labute approximate surface area is 112 Å². The number of ether oxygens (including phenoxy) is 1. The molecule has 0 bridgehead atoms. The van der Waals surface area contributed by atoms with E-state index in [9.17, 15) is 5.11 Å². The number of aliphatic hydroxyl groups excluding tert-OH is 1. The third kappa shape index (κ3) is 3.34. The van der Waals surface area contributed by atoms with Crippen LogP contribution in [0.3, 0.4) is 0 Å². The van der Waals surface area contributed by atoms with Gasteiger partial charge in [-0.3, -0.25) is 0 Å². The summed E-state index contributed by atoms with van der Waals surface area (Å²) in [5, 5.41) is 13.7. The molecule has 1 unspecified atom stereocenters. The van der Waals surface area contributed by atoms with Crippen molar-refractivity contribution in [3.8, 4) is 5.75 Å². The van der Waals surface area contributed by atoms with E-state index in [0.29, 0.717) is 0 Å². The predicted octanol–water partition coefficient (Wildman–Crippen LogP) is 3.15. The third-order valence-electron chi connectivity index (χ3n) is 3.06. The number of thiophene rings is 1. The van der Waals surface area contributed by atoms with Crippen molar-refractivity contribution in [2.24, 2.45) is 5.92 Å². The second-order valence-corrected chi connectivity index (χ2v) is 5.18. The summed E-state index contributed by atoms with van der Waals surface area (Å²) < 4.78 is 5.35. The molecule has 3 heteroatoms. The van der Waals surface area contributed by atoms with E-state index in [2.05, 4.69) is 22.9 Å². The van der Waals surface area contributed by atoms with Crippen molar-refractivity contribution in [3.63, 3.8) is 0 Å². The number of methoxy groups -OCH3 is 1. The molecule has 1 atom stereocenters. The second-order valence-electron chi connectivity index (χ2n) is 4.40. The van der Waals surface area contributed by atoms with E-state index < -0.39 is 0 Å². The van der Waals surface area contributed by atoms with Crippen LogP contribution in [0.4, 0.5) is 0 Å². The Morgan fingerprint density at radius 1 is 1.22 bits per heavy atom. The minimum atomic E-state index is 0.202. The minimum Gasteiger partial charge on any atom is -0.496 e. The first-order valence-corrected chi connectivity index (χ1v) is 7.01. The summed E-state index contributed by atoms with van der Waals surface area (Å²) >= 11 is 1.70. The first kappa shape index (κ1) is 13.1. The van der Waals surface area contributed by atoms with Gasteiger partial charge < -0.3 is 9.84 Å². The predicted molar refractivity (Wildman–Crippen MR) is 75.3 cm³/mol. The zero-order valence-corrected chi connectivity index (χ0v) is 11.3. The molecule has 2 rings (SSSR count). The summed E-state index contributed by atoms with van der Waals surface area (Å²) in [6.45, 7) is 0.202. The van der Waals surface area contributed by atoms with E-state index in [1.54, 1.807) is 18.4 Å². The van der Waals surface area contributed by atoms with Crippen LogP contribution < -0.4 is 4.74 Å². The highest BCUT2D eigenvalue weighted by atomic mass is 32.1. The summed E-state index contributed by atoms with van der Waals surface area (Å²) in [6.07, 6.45) is 1.76. The monoisotopic (exact) mass is 262 g/mol. The smallest absolute Gasteiger partial charge is 0.122 e. The van der Waals surface area contributed by atoms with Gasteiger partial charge in [0.25, 0.3) is 0 Å². The maximum Gasteiger partial charge on any atom is 0.122 e. The van der Waals surface area contributed by atoms with Crippen LogP contribution in [0.15, 0.2) is 41.1 Å². The maximum atomic E-state index is 9.51. The Morgan fingerprint density at radius 3 is 2.72 bits per heavy atom. The molecule has 0 aliphatic carbocycles. The van der Waals surface area contributed by atoms with Gasteiger partial charge in [0.2, 0.25) is 0 Å². The third-order valence-corrected chi connectivity index (χ3v) is 3.80. The van der Waals surface area contributed by atoms with Gasteiger partial charge in [0.15, 0.2) is 0 Å². The van der Waals surface area contributed by atoms with Crippen LogP contribution in [0, 0.1) is 5.92 Å². The Hall–Kier alpha value is -1.32. The molecule has 0 aliphatic rings. The Morgan fingerprint density at radius 2 is 2.06 bits per heavy atom. The molecule has 0 saturated heterocycles. The lowest BCUT2D eigenvalue weighted by Gasteiger charge is -2.15. The van der Waals surface area contributed by atoms with Gasteiger partial charge in [0.05, 0.1) is 7.11 Å². The fraction of sp³-hybridized carbons (Fsp3) is 0.333. The molecule has 0 saturated carbocycles. The lowest BCUT2D eigenvalue weighted by atomic mass is 9.94. The number of rotatable bonds is 6. The highest BCUT2D eigenvalue weighted by Gasteiger charge is 2.12. The van der Waals surface area contributed by atoms with E-state index in [1.165, 1.54) is 5.56 Å². The van der Waals surface area contributed by atoms with E-state index in [0.717, 1.165) is 24.2 Å². The van der Waals surface area contributed by atoms with Crippen molar-refractivity contribution in [2.45, 2.75) is 12.8 Å². The van der Waals surface area contributed by atoms with Gasteiger partial charge in [0, 0.05) is 6.61 Å². The van der Waals surface area contributed by atoms with Gasteiger partial charge >= 0.3 is 0 Å². The standard InChI is InChI=1S/C15H18O2S/c1-17-15-5-3-2-4-14(15)9-13(10-16)8-12-6-7-18-11-12/h2-7,11,13,16H,8-10H2,1H3. The zero-order chi connectivity index (χ0) is 12.8. The molecule has 0 radical (unpaired) electrons. The highest BCUT2D eigenvalue weighted by Crippen LogP contribution is 2.23. The molecule has 1 heterocycles. The number of hydrogen-bond acceptors (Lipinski definition) is 3. The molecular formula is C15H18O2S. The van der Waals surface area contributed by atoms with Crippen molar-refractivity contribution >= 4 is 11.3 Å². The molecule has 0 amide bonds. The van der Waals surface area contributed by atoms with Gasteiger partial charge in [-0.15, -0.1) is 0 Å². The highest BCUT2D eigenvalue weighted by molar-refractivity contribution is 7.07. The van der Waals surface area contributed by atoms with Crippen LogP contribution in [0.2, 0.25) is 0 Å². The first-order valence-electron chi connectivity index (χ1n) is 6.07. The molecule has 1 aromatic heterocycles. The van der Waals surface area contributed by atoms with Crippen LogP contribution in [0.5, 0.6) is 5.75 Å². The number of benzene rings is 1. The summed E-state index contributed by atoms with van der Waals surface area (Å²) in [7, 11) is 1.69. The van der Waals surface area contributed by atoms with Crippen molar-refractivity contribution in [2.75, 3.05) is 13.7 Å². The Balaban J connectivity index is 2.05. The zero-order valence-electron chi connectivity index (χ0n) is 10.5. The van der Waals surface area contributed by atoms with Crippen molar-refractivity contribution in [3.05, 3.63) is 52.2 Å². The van der Waals surface area contributed by atoms with E-state index in [1.807, 2.05) is 18.2 Å². The number of para-hydroxylation sites is 1. The van der Waals surface area contributed by atoms with Crippen LogP contribution in [-0.4, -0.2) is 18.8 Å². The second kappa shape index (κ2) is 6.57. The largest absolute Gasteiger partial charge is 0.496 e. The SMILES string of the molecule is COc1ccccc1CC(CO)Cc1ccsc1. The average Bonchev–Trinajstić information content (AvgIpc) is 2.91. The van der Waals surface area contributed by atoms with Gasteiger partial charge in [-0.2, -0.15) is 11.3 Å². The number of aliphatic hydroxyl groups is 1. The average molecular weight is 262 g/mol. The Bertz CT molecular complexity index is 465. The van der Waals surface area contributed by atoms with Gasteiger partial charge in [-0.05, 0) is 52.8 Å². The van der Waals surface area contributed by atoms with Crippen LogP contribution in [0.25, 0.3) is 0 Å². The molecule has 1 N–H and O–H groups in total. The van der Waals surface area contributed by atoms with Gasteiger partial charge in [-0.25, -0.2) is 0 Å². The first-order chi connectivity index (χ1) is 8.83. The molecule has 0 aliphatic heterocycles. The van der Waals surface area contributed by atoms with Crippen LogP contribution >= 0.6 is 11.3 Å². The van der Waals surface area contributed by atoms with E-state index in [4.69, 9.17) is 4.74 Å². The summed E-state index contributed by atoms with van der Waals surface area (Å²) in [6, 6.07) is 10.1. The molecule has 96 valence electrons. The molecule has 0 fully saturated rings. The lowest BCUT2D eigenvalue weighted by Crippen LogP contribution is -2.13. The molecule has 2 nitrogen and oxygen atoms in total. The topological polar surface area (TPSA) is 29.5 Å². The van der Waals surface area contributed by atoms with Crippen molar-refractivity contribution in [1.29, 1.82) is 0 Å². The lowest BCUT2D eigenvalue weighted by molar-refractivity contribution is 0.224. The molecule has 0 spiro atoms.